The molecule has 4 saturated carbocycles. The van der Waals surface area contributed by atoms with E-state index in [1.807, 2.05) is 0 Å². The Bertz CT molecular complexity index is 970. The number of ether oxygens (including phenoxy) is 3. The number of carbonyl (C=O) groups is 1. The summed E-state index contributed by atoms with van der Waals surface area (Å²) in [6, 6.07) is 0. The van der Waals surface area contributed by atoms with Crippen molar-refractivity contribution in [2.75, 3.05) is 13.2 Å². The summed E-state index contributed by atoms with van der Waals surface area (Å²) in [5, 5.41) is 53.9. The van der Waals surface area contributed by atoms with Crippen molar-refractivity contribution in [3.05, 3.63) is 11.6 Å². The molecule has 0 aromatic carbocycles. The molecule has 2 aliphatic heterocycles. The molecule has 38 heavy (non-hydrogen) atoms. The van der Waals surface area contributed by atoms with Gasteiger partial charge in [-0.2, -0.15) is 0 Å². The lowest BCUT2D eigenvalue weighted by atomic mass is 9.43. The second-order valence-electron chi connectivity index (χ2n) is 13.4. The molecule has 2 heterocycles. The molecule has 0 amide bonds. The van der Waals surface area contributed by atoms with Gasteiger partial charge in [0.1, 0.15) is 24.9 Å². The first kappa shape index (κ1) is 27.1. The Balaban J connectivity index is 1.19. The molecule has 0 bridgehead atoms. The molecule has 0 unspecified atom stereocenters. The van der Waals surface area contributed by atoms with Gasteiger partial charge < -0.3 is 39.7 Å². The lowest BCUT2D eigenvalue weighted by Gasteiger charge is -2.64. The number of hydrogen-bond donors (Lipinski definition) is 5. The number of aliphatic hydroxyl groups excluding tert-OH is 4. The summed E-state index contributed by atoms with van der Waals surface area (Å²) in [6.07, 6.45) is 3.35. The third-order valence-corrected chi connectivity index (χ3v) is 12.1. The number of carbonyl (C=O) groups excluding carboxylic acids is 1. The van der Waals surface area contributed by atoms with E-state index in [0.717, 1.165) is 50.5 Å². The van der Waals surface area contributed by atoms with Gasteiger partial charge in [0.05, 0.1) is 17.8 Å². The number of esters is 1. The zero-order valence-electron chi connectivity index (χ0n) is 22.5. The summed E-state index contributed by atoms with van der Waals surface area (Å²) in [7, 11) is 0. The summed E-state index contributed by atoms with van der Waals surface area (Å²) < 4.78 is 17.1. The van der Waals surface area contributed by atoms with Gasteiger partial charge in [-0.25, -0.2) is 4.79 Å². The molecule has 0 radical (unpaired) electrons. The number of cyclic esters (lactones) is 1. The lowest BCUT2D eigenvalue weighted by molar-refractivity contribution is -0.311. The maximum Gasteiger partial charge on any atom is 0.331 e. The molecule has 9 heteroatoms. The van der Waals surface area contributed by atoms with Gasteiger partial charge in [-0.1, -0.05) is 6.92 Å². The van der Waals surface area contributed by atoms with Crippen LogP contribution in [0.15, 0.2) is 11.6 Å². The van der Waals surface area contributed by atoms with Gasteiger partial charge in [0.15, 0.2) is 6.29 Å². The van der Waals surface area contributed by atoms with E-state index >= 15 is 0 Å². The molecule has 13 atom stereocenters. The summed E-state index contributed by atoms with van der Waals surface area (Å²) >= 11 is 0. The summed E-state index contributed by atoms with van der Waals surface area (Å²) in [6.45, 7) is 4.27. The van der Waals surface area contributed by atoms with Crippen LogP contribution in [0.5, 0.6) is 0 Å². The zero-order chi connectivity index (χ0) is 27.0. The Morgan fingerprint density at radius 1 is 1.00 bits per heavy atom. The van der Waals surface area contributed by atoms with Crippen molar-refractivity contribution in [3.8, 4) is 0 Å². The van der Waals surface area contributed by atoms with Crippen LogP contribution in [-0.4, -0.2) is 87.1 Å². The van der Waals surface area contributed by atoms with Crippen molar-refractivity contribution in [2.45, 2.75) is 114 Å². The minimum absolute atomic E-state index is 0.0831. The predicted octanol–water partition coefficient (Wildman–Crippen LogP) is 1.43. The highest BCUT2D eigenvalue weighted by atomic mass is 16.7. The standard InChI is InChI=1S/C29H44O9/c1-15-23(32)24(33)25(34)26(37-15)38-18-5-9-28(14-30)17(12-18)3-4-21-20(28)6-8-27(2)19(7-10-29(21,27)35)16-11-22(31)36-13-16/h11,15,17-21,23-26,30,32-35H,3-10,12-14H2,1-2H3/t15-,17-,18-,19+,20-,21-,23+,24+,25-,26-,27+,28+,29-/m0/s1. The molecule has 5 fully saturated rings. The summed E-state index contributed by atoms with van der Waals surface area (Å²) in [4.78, 5) is 11.8. The maximum atomic E-state index is 12.4. The quantitative estimate of drug-likeness (QED) is 0.266. The van der Waals surface area contributed by atoms with Crippen molar-refractivity contribution < 1.29 is 44.5 Å². The van der Waals surface area contributed by atoms with Gasteiger partial charge in [-0.05, 0) is 99.4 Å². The fourth-order valence-electron chi connectivity index (χ4n) is 9.91. The molecule has 6 rings (SSSR count). The third-order valence-electron chi connectivity index (χ3n) is 12.1. The fourth-order valence-corrected chi connectivity index (χ4v) is 9.91. The molecular formula is C29H44O9. The van der Waals surface area contributed by atoms with Gasteiger partial charge in [0.25, 0.3) is 0 Å². The maximum absolute atomic E-state index is 12.4. The van der Waals surface area contributed by atoms with E-state index in [1.54, 1.807) is 13.0 Å². The van der Waals surface area contributed by atoms with Gasteiger partial charge in [0.2, 0.25) is 0 Å². The minimum Gasteiger partial charge on any atom is -0.458 e. The molecule has 214 valence electrons. The van der Waals surface area contributed by atoms with E-state index < -0.39 is 36.3 Å². The van der Waals surface area contributed by atoms with Crippen molar-refractivity contribution in [1.82, 2.24) is 0 Å². The zero-order valence-corrected chi connectivity index (χ0v) is 22.5. The highest BCUT2D eigenvalue weighted by Gasteiger charge is 2.68. The van der Waals surface area contributed by atoms with Crippen LogP contribution in [0.2, 0.25) is 0 Å². The van der Waals surface area contributed by atoms with E-state index in [2.05, 4.69) is 6.92 Å². The average Bonchev–Trinajstić information content (AvgIpc) is 3.45. The molecule has 6 aliphatic rings. The number of rotatable bonds is 4. The van der Waals surface area contributed by atoms with Crippen LogP contribution in [0.25, 0.3) is 0 Å². The molecule has 0 spiro atoms. The Morgan fingerprint density at radius 2 is 1.79 bits per heavy atom. The number of aliphatic hydroxyl groups is 5. The Kier molecular flexibility index (Phi) is 6.78. The molecule has 0 aromatic rings. The first-order valence-electron chi connectivity index (χ1n) is 14.6. The normalized spacial score (nSPS) is 54.5. The minimum atomic E-state index is -1.32. The van der Waals surface area contributed by atoms with E-state index in [4.69, 9.17) is 14.2 Å². The molecule has 9 nitrogen and oxygen atoms in total. The summed E-state index contributed by atoms with van der Waals surface area (Å²) in [5.41, 5.74) is -0.401. The van der Waals surface area contributed by atoms with Gasteiger partial charge in [0, 0.05) is 18.1 Å². The first-order chi connectivity index (χ1) is 18.0. The number of hydrogen-bond acceptors (Lipinski definition) is 9. The average molecular weight is 537 g/mol. The fraction of sp³-hybridized carbons (Fsp3) is 0.897. The monoisotopic (exact) mass is 536 g/mol. The molecule has 0 aromatic heterocycles. The van der Waals surface area contributed by atoms with Crippen LogP contribution in [0.1, 0.15) is 71.6 Å². The highest BCUT2D eigenvalue weighted by Crippen LogP contribution is 2.70. The van der Waals surface area contributed by atoms with E-state index in [9.17, 15) is 30.3 Å². The van der Waals surface area contributed by atoms with E-state index in [1.165, 1.54) is 0 Å². The molecule has 4 aliphatic carbocycles. The first-order valence-corrected chi connectivity index (χ1v) is 14.6. The highest BCUT2D eigenvalue weighted by molar-refractivity contribution is 5.85. The summed E-state index contributed by atoms with van der Waals surface area (Å²) in [5.74, 6) is 0.414. The topological polar surface area (TPSA) is 146 Å². The van der Waals surface area contributed by atoms with E-state index in [0.29, 0.717) is 19.4 Å². The van der Waals surface area contributed by atoms with Crippen LogP contribution in [0, 0.1) is 34.5 Å². The second kappa shape index (κ2) is 9.50. The smallest absolute Gasteiger partial charge is 0.331 e. The van der Waals surface area contributed by atoms with Crippen molar-refractivity contribution in [2.24, 2.45) is 34.5 Å². The second-order valence-corrected chi connectivity index (χ2v) is 13.4. The van der Waals surface area contributed by atoms with Crippen LogP contribution >= 0.6 is 0 Å². The van der Waals surface area contributed by atoms with Crippen molar-refractivity contribution in [1.29, 1.82) is 0 Å². The number of fused-ring (bicyclic) bond motifs is 5. The Hall–Kier alpha value is -1.07. The van der Waals surface area contributed by atoms with E-state index in [-0.39, 0.29) is 53.2 Å². The van der Waals surface area contributed by atoms with Crippen LogP contribution in [-0.2, 0) is 19.0 Å². The van der Waals surface area contributed by atoms with Crippen molar-refractivity contribution in [3.63, 3.8) is 0 Å². The molecular weight excluding hydrogens is 492 g/mol. The van der Waals surface area contributed by atoms with Gasteiger partial charge in [-0.15, -0.1) is 0 Å². The SMILES string of the molecule is C[C@@H]1O[C@@H](O[C@H]2CC[C@@]3(CO)[C@@H](CC[C@H]4[C@@H]3CC[C@]3(C)[C@@H](C5=CC(=O)OC5)CC[C@]43O)C2)[C@@H](O)[C@H](O)[C@@H]1O. The van der Waals surface area contributed by atoms with Crippen molar-refractivity contribution >= 4 is 5.97 Å². The third kappa shape index (κ3) is 3.80. The largest absolute Gasteiger partial charge is 0.458 e. The van der Waals surface area contributed by atoms with Crippen LogP contribution < -0.4 is 0 Å². The predicted molar refractivity (Wildman–Crippen MR) is 134 cm³/mol. The Labute approximate surface area is 224 Å². The van der Waals surface area contributed by atoms with Gasteiger partial charge >= 0.3 is 5.97 Å². The Morgan fingerprint density at radius 3 is 2.50 bits per heavy atom. The van der Waals surface area contributed by atoms with Gasteiger partial charge in [-0.3, -0.25) is 0 Å². The molecule has 5 N–H and O–H groups in total. The lowest BCUT2D eigenvalue weighted by Crippen LogP contribution is -2.64. The molecule has 1 saturated heterocycles. The van der Waals surface area contributed by atoms with Crippen LogP contribution in [0.3, 0.4) is 0 Å². The van der Waals surface area contributed by atoms with Crippen LogP contribution in [0.4, 0.5) is 0 Å².